The lowest BCUT2D eigenvalue weighted by Gasteiger charge is -2.23. The van der Waals surface area contributed by atoms with Gasteiger partial charge in [0.05, 0.1) is 18.4 Å². The lowest BCUT2D eigenvalue weighted by molar-refractivity contribution is -0.135. The molecule has 0 bridgehead atoms. The summed E-state index contributed by atoms with van der Waals surface area (Å²) < 4.78 is 32.8. The maximum atomic E-state index is 12.0. The summed E-state index contributed by atoms with van der Waals surface area (Å²) >= 11 is 0. The highest BCUT2D eigenvalue weighted by molar-refractivity contribution is 7.88. The number of rotatable bonds is 4. The largest absolute Gasteiger partial charge is 0.465 e. The van der Waals surface area contributed by atoms with E-state index in [1.807, 2.05) is 0 Å². The lowest BCUT2D eigenvalue weighted by atomic mass is 10.2. The highest BCUT2D eigenvalue weighted by Crippen LogP contribution is 2.19. The molecule has 0 aromatic carbocycles. The van der Waals surface area contributed by atoms with Crippen LogP contribution < -0.4 is 5.32 Å². The Morgan fingerprint density at radius 3 is 2.64 bits per heavy atom. The predicted octanol–water partition coefficient (Wildman–Crippen LogP) is 0.123. The van der Waals surface area contributed by atoms with Crippen molar-refractivity contribution in [2.45, 2.75) is 38.6 Å². The van der Waals surface area contributed by atoms with Crippen LogP contribution in [0.25, 0.3) is 0 Å². The molecule has 1 N–H and O–H groups in total. The maximum Gasteiger partial charge on any atom is 0.344 e. The van der Waals surface area contributed by atoms with Crippen LogP contribution in [-0.4, -0.2) is 50.0 Å². The Morgan fingerprint density at radius 2 is 2.05 bits per heavy atom. The van der Waals surface area contributed by atoms with Crippen LogP contribution in [0.2, 0.25) is 0 Å². The number of amides is 1. The van der Waals surface area contributed by atoms with Crippen LogP contribution in [0.4, 0.5) is 0 Å². The second-order valence-electron chi connectivity index (χ2n) is 5.28. The van der Waals surface area contributed by atoms with Crippen LogP contribution in [0.1, 0.15) is 32.6 Å². The quantitative estimate of drug-likeness (QED) is 0.738. The number of esters is 1. The summed E-state index contributed by atoms with van der Waals surface area (Å²) in [4.78, 5) is 23.6. The van der Waals surface area contributed by atoms with Gasteiger partial charge in [-0.25, -0.2) is 9.10 Å². The van der Waals surface area contributed by atoms with Crippen LogP contribution in [-0.2, 0) is 24.5 Å². The Labute approximate surface area is 129 Å². The van der Waals surface area contributed by atoms with Crippen molar-refractivity contribution >= 4 is 27.8 Å². The molecule has 9 heteroatoms. The van der Waals surface area contributed by atoms with Crippen LogP contribution in [0.5, 0.6) is 0 Å². The summed E-state index contributed by atoms with van der Waals surface area (Å²) in [5.74, 6) is -1.11. The molecular weight excluding hydrogens is 310 g/mol. The number of nitrogens with zero attached hydrogens (tertiary/aromatic N) is 2. The number of hydrogen-bond acceptors (Lipinski definition) is 5. The molecular formula is C13H19N3O5S. The summed E-state index contributed by atoms with van der Waals surface area (Å²) in [7, 11) is -2.81. The first-order chi connectivity index (χ1) is 10.3. The van der Waals surface area contributed by atoms with Gasteiger partial charge in [-0.15, -0.1) is 4.40 Å². The number of hydrogen-bond donors (Lipinski definition) is 1. The van der Waals surface area contributed by atoms with Crippen molar-refractivity contribution in [3.05, 3.63) is 11.8 Å². The minimum Gasteiger partial charge on any atom is -0.465 e. The molecule has 1 aliphatic heterocycles. The lowest BCUT2D eigenvalue weighted by Crippen LogP contribution is -2.42. The van der Waals surface area contributed by atoms with Gasteiger partial charge in [0.1, 0.15) is 6.54 Å². The normalized spacial score (nSPS) is 21.1. The molecule has 22 heavy (non-hydrogen) atoms. The molecule has 0 aromatic heterocycles. The first-order valence-corrected chi connectivity index (χ1v) is 8.41. The minimum atomic E-state index is -4.00. The fraction of sp³-hybridized carbons (Fsp3) is 0.615. The molecule has 0 aromatic rings. The first-order valence-electron chi connectivity index (χ1n) is 7.01. The third-order valence-corrected chi connectivity index (χ3v) is 4.97. The smallest absolute Gasteiger partial charge is 0.344 e. The van der Waals surface area contributed by atoms with Gasteiger partial charge in [0.25, 0.3) is 0 Å². The number of carbonyl (C=O) groups is 2. The van der Waals surface area contributed by atoms with E-state index in [-0.39, 0.29) is 17.3 Å². The summed E-state index contributed by atoms with van der Waals surface area (Å²) in [5.41, 5.74) is 0.0605. The van der Waals surface area contributed by atoms with E-state index in [9.17, 15) is 18.0 Å². The van der Waals surface area contributed by atoms with E-state index in [1.54, 1.807) is 0 Å². The summed E-state index contributed by atoms with van der Waals surface area (Å²) in [5, 5.41) is 2.79. The maximum absolute atomic E-state index is 12.0. The number of ether oxygens (including phenoxy) is 1. The van der Waals surface area contributed by atoms with E-state index >= 15 is 0 Å². The van der Waals surface area contributed by atoms with Crippen molar-refractivity contribution in [1.82, 2.24) is 9.62 Å². The summed E-state index contributed by atoms with van der Waals surface area (Å²) in [6.07, 6.45) is 5.02. The van der Waals surface area contributed by atoms with Crippen molar-refractivity contribution in [3.63, 3.8) is 0 Å². The highest BCUT2D eigenvalue weighted by atomic mass is 32.2. The number of methoxy groups -OCH3 is 1. The fourth-order valence-electron chi connectivity index (χ4n) is 2.50. The average Bonchev–Trinajstić information content (AvgIpc) is 2.93. The van der Waals surface area contributed by atoms with E-state index in [0.29, 0.717) is 0 Å². The fourth-order valence-corrected chi connectivity index (χ4v) is 3.57. The van der Waals surface area contributed by atoms with Gasteiger partial charge in [-0.05, 0) is 19.8 Å². The average molecular weight is 329 g/mol. The second kappa shape index (κ2) is 6.47. The van der Waals surface area contributed by atoms with Gasteiger partial charge in [-0.3, -0.25) is 4.79 Å². The SMILES string of the molecule is COC(=O)C1=CN(CC(=O)NC2CCCC2)S(=O)(=O)N=C1C. The molecule has 1 heterocycles. The van der Waals surface area contributed by atoms with Crippen molar-refractivity contribution in [2.24, 2.45) is 4.40 Å². The minimum absolute atomic E-state index is 0.0194. The summed E-state index contributed by atoms with van der Waals surface area (Å²) in [6, 6.07) is 0.0919. The van der Waals surface area contributed by atoms with Crippen molar-refractivity contribution in [3.8, 4) is 0 Å². The topological polar surface area (TPSA) is 105 Å². The van der Waals surface area contributed by atoms with E-state index in [4.69, 9.17) is 0 Å². The third kappa shape index (κ3) is 3.65. The van der Waals surface area contributed by atoms with Crippen LogP contribution in [0.3, 0.4) is 0 Å². The van der Waals surface area contributed by atoms with E-state index in [2.05, 4.69) is 14.5 Å². The Morgan fingerprint density at radius 1 is 1.41 bits per heavy atom. The standard InChI is InChI=1S/C13H19N3O5S/c1-9-11(13(18)21-2)7-16(22(19,20)15-9)8-12(17)14-10-5-3-4-6-10/h7,10H,3-6,8H2,1-2H3,(H,14,17). The molecule has 2 aliphatic rings. The third-order valence-electron chi connectivity index (χ3n) is 3.64. The Bertz CT molecular complexity index is 632. The molecule has 0 radical (unpaired) electrons. The van der Waals surface area contributed by atoms with Gasteiger partial charge >= 0.3 is 16.2 Å². The molecule has 0 unspecified atom stereocenters. The number of carbonyl (C=O) groups excluding carboxylic acids is 2. The van der Waals surface area contributed by atoms with Crippen LogP contribution in [0, 0.1) is 0 Å². The molecule has 8 nitrogen and oxygen atoms in total. The van der Waals surface area contributed by atoms with Crippen LogP contribution in [0.15, 0.2) is 16.2 Å². The molecule has 2 rings (SSSR count). The second-order valence-corrected chi connectivity index (χ2v) is 6.83. The molecule has 0 atom stereocenters. The predicted molar refractivity (Wildman–Crippen MR) is 79.2 cm³/mol. The number of nitrogens with one attached hydrogen (secondary N) is 1. The zero-order valence-corrected chi connectivity index (χ0v) is 13.4. The van der Waals surface area contributed by atoms with Gasteiger partial charge in [0.2, 0.25) is 5.91 Å². The molecule has 1 saturated carbocycles. The monoisotopic (exact) mass is 329 g/mol. The molecule has 0 spiro atoms. The molecule has 1 amide bonds. The zero-order valence-electron chi connectivity index (χ0n) is 12.5. The Hall–Kier alpha value is -1.90. The van der Waals surface area contributed by atoms with Crippen molar-refractivity contribution in [2.75, 3.05) is 13.7 Å². The van der Waals surface area contributed by atoms with E-state index < -0.39 is 28.6 Å². The Balaban J connectivity index is 2.12. The van der Waals surface area contributed by atoms with Crippen LogP contribution >= 0.6 is 0 Å². The van der Waals surface area contributed by atoms with Gasteiger partial charge in [-0.1, -0.05) is 12.8 Å². The van der Waals surface area contributed by atoms with Crippen molar-refractivity contribution < 1.29 is 22.7 Å². The molecule has 1 aliphatic carbocycles. The van der Waals surface area contributed by atoms with Gasteiger partial charge in [0.15, 0.2) is 0 Å². The van der Waals surface area contributed by atoms with Gasteiger partial charge in [-0.2, -0.15) is 8.42 Å². The molecule has 122 valence electrons. The Kier molecular flexibility index (Phi) is 4.84. The van der Waals surface area contributed by atoms with Gasteiger partial charge in [0, 0.05) is 12.2 Å². The molecule has 0 saturated heterocycles. The first kappa shape index (κ1) is 16.5. The van der Waals surface area contributed by atoms with E-state index in [0.717, 1.165) is 36.2 Å². The molecule has 1 fully saturated rings. The van der Waals surface area contributed by atoms with E-state index in [1.165, 1.54) is 14.0 Å². The highest BCUT2D eigenvalue weighted by Gasteiger charge is 2.30. The van der Waals surface area contributed by atoms with Crippen molar-refractivity contribution in [1.29, 1.82) is 0 Å². The zero-order chi connectivity index (χ0) is 16.3. The van der Waals surface area contributed by atoms with Gasteiger partial charge < -0.3 is 10.1 Å². The summed E-state index contributed by atoms with van der Waals surface area (Å²) in [6.45, 7) is 0.992.